The Morgan fingerprint density at radius 2 is 1.70 bits per heavy atom. The first kappa shape index (κ1) is 14.4. The number of benzene rings is 2. The molecule has 3 nitrogen and oxygen atoms in total. The molecule has 0 amide bonds. The van der Waals surface area contributed by atoms with Crippen molar-refractivity contribution in [2.45, 2.75) is 19.9 Å². The minimum Gasteiger partial charge on any atom is -0.490 e. The van der Waals surface area contributed by atoms with Crippen LogP contribution in [0, 0.1) is 6.92 Å². The number of hydrogen-bond acceptors (Lipinski definition) is 3. The highest BCUT2D eigenvalue weighted by Gasteiger charge is 2.04. The molecule has 20 heavy (non-hydrogen) atoms. The predicted molar refractivity (Wildman–Crippen MR) is 81.2 cm³/mol. The Morgan fingerprint density at radius 1 is 1.00 bits per heavy atom. The molecule has 0 spiro atoms. The summed E-state index contributed by atoms with van der Waals surface area (Å²) < 4.78 is 11.3. The Kier molecular flexibility index (Phi) is 5.02. The van der Waals surface area contributed by atoms with Gasteiger partial charge in [0.2, 0.25) is 0 Å². The third kappa shape index (κ3) is 4.00. The highest BCUT2D eigenvalue weighted by molar-refractivity contribution is 5.37. The smallest absolute Gasteiger partial charge is 0.122 e. The zero-order chi connectivity index (χ0) is 14.4. The van der Waals surface area contributed by atoms with Crippen LogP contribution >= 0.6 is 0 Å². The molecule has 0 saturated carbocycles. The average molecular weight is 271 g/mol. The topological polar surface area (TPSA) is 44.5 Å². The van der Waals surface area contributed by atoms with Gasteiger partial charge in [0.1, 0.15) is 24.7 Å². The van der Waals surface area contributed by atoms with Crippen LogP contribution in [0.25, 0.3) is 0 Å². The molecule has 2 aromatic rings. The maximum absolute atomic E-state index is 5.86. The molecule has 0 aliphatic heterocycles. The molecular formula is C17H21NO2. The van der Waals surface area contributed by atoms with E-state index in [-0.39, 0.29) is 6.04 Å². The van der Waals surface area contributed by atoms with E-state index >= 15 is 0 Å². The van der Waals surface area contributed by atoms with Crippen LogP contribution in [0.3, 0.4) is 0 Å². The third-order valence-corrected chi connectivity index (χ3v) is 3.08. The van der Waals surface area contributed by atoms with Gasteiger partial charge in [0.25, 0.3) is 0 Å². The summed E-state index contributed by atoms with van der Waals surface area (Å²) in [4.78, 5) is 0. The van der Waals surface area contributed by atoms with Crippen molar-refractivity contribution in [3.05, 3.63) is 59.7 Å². The molecule has 0 aliphatic carbocycles. The van der Waals surface area contributed by atoms with Crippen molar-refractivity contribution in [1.29, 1.82) is 0 Å². The molecule has 0 radical (unpaired) electrons. The van der Waals surface area contributed by atoms with Crippen molar-refractivity contribution in [3.63, 3.8) is 0 Å². The van der Waals surface area contributed by atoms with E-state index in [9.17, 15) is 0 Å². The Hall–Kier alpha value is -2.00. The van der Waals surface area contributed by atoms with Crippen LogP contribution in [0.1, 0.15) is 24.1 Å². The Labute approximate surface area is 120 Å². The zero-order valence-corrected chi connectivity index (χ0v) is 12.0. The van der Waals surface area contributed by atoms with Crippen molar-refractivity contribution < 1.29 is 9.47 Å². The Balaban J connectivity index is 1.82. The molecule has 2 aromatic carbocycles. The lowest BCUT2D eigenvalue weighted by molar-refractivity contribution is 0.216. The van der Waals surface area contributed by atoms with Gasteiger partial charge in [-0.25, -0.2) is 0 Å². The van der Waals surface area contributed by atoms with Crippen LogP contribution in [0.4, 0.5) is 0 Å². The summed E-state index contributed by atoms with van der Waals surface area (Å²) in [6, 6.07) is 15.8. The lowest BCUT2D eigenvalue weighted by Crippen LogP contribution is -2.10. The molecule has 0 aliphatic rings. The van der Waals surface area contributed by atoms with Gasteiger partial charge in [-0.1, -0.05) is 30.3 Å². The van der Waals surface area contributed by atoms with E-state index in [0.717, 1.165) is 22.6 Å². The van der Waals surface area contributed by atoms with Crippen LogP contribution in [0.5, 0.6) is 11.5 Å². The fourth-order valence-electron chi connectivity index (χ4n) is 1.95. The minimum absolute atomic E-state index is 0.0455. The summed E-state index contributed by atoms with van der Waals surface area (Å²) in [5.41, 5.74) is 8.08. The molecule has 0 fully saturated rings. The van der Waals surface area contributed by atoms with Gasteiger partial charge >= 0.3 is 0 Å². The van der Waals surface area contributed by atoms with Gasteiger partial charge in [-0.15, -0.1) is 0 Å². The van der Waals surface area contributed by atoms with Gasteiger partial charge in [-0.3, -0.25) is 0 Å². The van der Waals surface area contributed by atoms with Crippen molar-refractivity contribution >= 4 is 0 Å². The highest BCUT2D eigenvalue weighted by atomic mass is 16.5. The van der Waals surface area contributed by atoms with Gasteiger partial charge in [0.15, 0.2) is 0 Å². The highest BCUT2D eigenvalue weighted by Crippen LogP contribution is 2.21. The van der Waals surface area contributed by atoms with Crippen molar-refractivity contribution in [1.82, 2.24) is 0 Å². The standard InChI is InChI=1S/C17H21NO2/c1-13-12-15(14(2)18)8-9-17(13)20-11-10-19-16-6-4-3-5-7-16/h3-9,12,14H,10-11,18H2,1-2H3/t14-/m0/s1. The lowest BCUT2D eigenvalue weighted by atomic mass is 10.1. The van der Waals surface area contributed by atoms with Crippen LogP contribution in [0.15, 0.2) is 48.5 Å². The summed E-state index contributed by atoms with van der Waals surface area (Å²) in [5, 5.41) is 0. The van der Waals surface area contributed by atoms with Crippen LogP contribution in [-0.4, -0.2) is 13.2 Å². The molecule has 2 N–H and O–H groups in total. The van der Waals surface area contributed by atoms with Gasteiger partial charge in [0, 0.05) is 6.04 Å². The van der Waals surface area contributed by atoms with Gasteiger partial charge < -0.3 is 15.2 Å². The number of aryl methyl sites for hydroxylation is 1. The monoisotopic (exact) mass is 271 g/mol. The molecule has 0 bridgehead atoms. The van der Waals surface area contributed by atoms with Crippen LogP contribution in [0.2, 0.25) is 0 Å². The quantitative estimate of drug-likeness (QED) is 0.818. The summed E-state index contributed by atoms with van der Waals surface area (Å²) in [6.07, 6.45) is 0. The minimum atomic E-state index is 0.0455. The van der Waals surface area contributed by atoms with E-state index in [4.69, 9.17) is 15.2 Å². The summed E-state index contributed by atoms with van der Waals surface area (Å²) in [7, 11) is 0. The van der Waals surface area contributed by atoms with E-state index in [2.05, 4.69) is 6.07 Å². The molecule has 2 rings (SSSR count). The SMILES string of the molecule is Cc1cc([C@H](C)N)ccc1OCCOc1ccccc1. The van der Waals surface area contributed by atoms with Gasteiger partial charge in [-0.05, 0) is 43.2 Å². The van der Waals surface area contributed by atoms with Crippen LogP contribution < -0.4 is 15.2 Å². The normalized spacial score (nSPS) is 11.9. The fourth-order valence-corrected chi connectivity index (χ4v) is 1.95. The largest absolute Gasteiger partial charge is 0.490 e. The van der Waals surface area contributed by atoms with E-state index < -0.39 is 0 Å². The van der Waals surface area contributed by atoms with Crippen molar-refractivity contribution in [3.8, 4) is 11.5 Å². The molecule has 0 saturated heterocycles. The van der Waals surface area contributed by atoms with Crippen molar-refractivity contribution in [2.24, 2.45) is 5.73 Å². The van der Waals surface area contributed by atoms with E-state index in [1.807, 2.05) is 56.3 Å². The first-order chi connectivity index (χ1) is 9.66. The molecule has 1 atom stereocenters. The molecule has 0 heterocycles. The number of hydrogen-bond donors (Lipinski definition) is 1. The second kappa shape index (κ2) is 6.96. The van der Waals surface area contributed by atoms with Crippen molar-refractivity contribution in [2.75, 3.05) is 13.2 Å². The molecule has 106 valence electrons. The Morgan fingerprint density at radius 3 is 2.35 bits per heavy atom. The van der Waals surface area contributed by atoms with E-state index in [1.165, 1.54) is 0 Å². The van der Waals surface area contributed by atoms with Gasteiger partial charge in [-0.2, -0.15) is 0 Å². The number of rotatable bonds is 6. The third-order valence-electron chi connectivity index (χ3n) is 3.08. The van der Waals surface area contributed by atoms with E-state index in [0.29, 0.717) is 13.2 Å². The summed E-state index contributed by atoms with van der Waals surface area (Å²) in [5.74, 6) is 1.74. The van der Waals surface area contributed by atoms with E-state index in [1.54, 1.807) is 0 Å². The summed E-state index contributed by atoms with van der Waals surface area (Å²) in [6.45, 7) is 5.05. The predicted octanol–water partition coefficient (Wildman–Crippen LogP) is 3.47. The average Bonchev–Trinajstić information content (AvgIpc) is 2.46. The lowest BCUT2D eigenvalue weighted by Gasteiger charge is -2.12. The molecule has 0 aromatic heterocycles. The fraction of sp³-hybridized carbons (Fsp3) is 0.294. The van der Waals surface area contributed by atoms with Gasteiger partial charge in [0.05, 0.1) is 0 Å². The Bertz CT molecular complexity index is 538. The second-order valence-corrected chi connectivity index (χ2v) is 4.82. The zero-order valence-electron chi connectivity index (χ0n) is 12.0. The first-order valence-corrected chi connectivity index (χ1v) is 6.83. The number of para-hydroxylation sites is 1. The first-order valence-electron chi connectivity index (χ1n) is 6.83. The second-order valence-electron chi connectivity index (χ2n) is 4.82. The van der Waals surface area contributed by atoms with Crippen LogP contribution in [-0.2, 0) is 0 Å². The number of ether oxygens (including phenoxy) is 2. The number of nitrogens with two attached hydrogens (primary N) is 1. The summed E-state index contributed by atoms with van der Waals surface area (Å²) >= 11 is 0. The molecular weight excluding hydrogens is 250 g/mol. The molecule has 0 unspecified atom stereocenters. The maximum atomic E-state index is 5.86. The maximum Gasteiger partial charge on any atom is 0.122 e. The molecule has 3 heteroatoms.